The Morgan fingerprint density at radius 3 is 3.05 bits per heavy atom. The van der Waals surface area contributed by atoms with Gasteiger partial charge in [-0.3, -0.25) is 0 Å². The molecule has 3 rings (SSSR count). The molecule has 1 aliphatic heterocycles. The van der Waals surface area contributed by atoms with Gasteiger partial charge in [-0.25, -0.2) is 9.07 Å². The maximum absolute atomic E-state index is 13.9. The lowest BCUT2D eigenvalue weighted by molar-refractivity contribution is 0.260. The zero-order valence-corrected chi connectivity index (χ0v) is 11.3. The highest BCUT2D eigenvalue weighted by Crippen LogP contribution is 2.21. The van der Waals surface area contributed by atoms with Crippen LogP contribution < -0.4 is 5.32 Å². The molecule has 2 heterocycles. The lowest BCUT2D eigenvalue weighted by Crippen LogP contribution is -2.39. The maximum Gasteiger partial charge on any atom is 0.146 e. The number of hydrogen-bond donors (Lipinski definition) is 1. The zero-order chi connectivity index (χ0) is 13.9. The van der Waals surface area contributed by atoms with Crippen LogP contribution in [0.15, 0.2) is 24.5 Å². The number of benzene rings is 1. The highest BCUT2D eigenvalue weighted by atomic mass is 19.1. The van der Waals surface area contributed by atoms with E-state index in [1.807, 2.05) is 0 Å². The van der Waals surface area contributed by atoms with Crippen LogP contribution >= 0.6 is 0 Å². The molecule has 0 aliphatic carbocycles. The number of likely N-dealkylation sites (tertiary alicyclic amines) is 1. The van der Waals surface area contributed by atoms with E-state index >= 15 is 0 Å². The average molecular weight is 276 g/mol. The minimum Gasteiger partial charge on any atom is -0.379 e. The summed E-state index contributed by atoms with van der Waals surface area (Å²) >= 11 is 0. The summed E-state index contributed by atoms with van der Waals surface area (Å²) < 4.78 is 15.4. The van der Waals surface area contributed by atoms with Crippen LogP contribution in [0.2, 0.25) is 0 Å². The van der Waals surface area contributed by atoms with Crippen LogP contribution in [0.1, 0.15) is 12.8 Å². The van der Waals surface area contributed by atoms with Crippen molar-refractivity contribution in [2.24, 2.45) is 0 Å². The van der Waals surface area contributed by atoms with Crippen LogP contribution in [0.25, 0.3) is 5.69 Å². The summed E-state index contributed by atoms with van der Waals surface area (Å²) in [5.41, 5.74) is 1.24. The first-order valence-corrected chi connectivity index (χ1v) is 6.70. The second-order valence-corrected chi connectivity index (χ2v) is 5.16. The lowest BCUT2D eigenvalue weighted by Gasteiger charge is -2.31. The van der Waals surface area contributed by atoms with E-state index in [2.05, 4.69) is 32.8 Å². The summed E-state index contributed by atoms with van der Waals surface area (Å²) in [5, 5.41) is 14.3. The molecular weight excluding hydrogens is 259 g/mol. The van der Waals surface area contributed by atoms with E-state index in [1.54, 1.807) is 12.1 Å². The summed E-state index contributed by atoms with van der Waals surface area (Å²) in [5.74, 6) is -0.255. The Labute approximate surface area is 116 Å². The van der Waals surface area contributed by atoms with Crippen LogP contribution in [-0.2, 0) is 0 Å². The molecule has 0 spiro atoms. The van der Waals surface area contributed by atoms with Crippen molar-refractivity contribution in [1.29, 1.82) is 0 Å². The van der Waals surface area contributed by atoms with Gasteiger partial charge in [0.05, 0.1) is 11.4 Å². The maximum atomic E-state index is 13.9. The Morgan fingerprint density at radius 1 is 1.40 bits per heavy atom. The molecule has 1 atom stereocenters. The predicted octanol–water partition coefficient (Wildman–Crippen LogP) is 1.31. The summed E-state index contributed by atoms with van der Waals surface area (Å²) in [4.78, 5) is 2.25. The summed E-state index contributed by atoms with van der Waals surface area (Å²) in [6.45, 7) is 2.03. The van der Waals surface area contributed by atoms with Gasteiger partial charge in [-0.1, -0.05) is 0 Å². The molecule has 0 radical (unpaired) electrons. The number of rotatable bonds is 3. The number of likely N-dealkylation sites (N-methyl/N-ethyl adjacent to an activating group) is 1. The van der Waals surface area contributed by atoms with Crippen molar-refractivity contribution in [3.8, 4) is 5.69 Å². The van der Waals surface area contributed by atoms with Crippen LogP contribution in [0.3, 0.4) is 0 Å². The third-order valence-corrected chi connectivity index (χ3v) is 3.55. The van der Waals surface area contributed by atoms with E-state index in [4.69, 9.17) is 0 Å². The Kier molecular flexibility index (Phi) is 3.60. The first kappa shape index (κ1) is 13.0. The molecule has 1 N–H and O–H groups in total. The molecule has 7 heteroatoms. The minimum atomic E-state index is -0.255. The van der Waals surface area contributed by atoms with Gasteiger partial charge in [0.1, 0.15) is 12.1 Å². The number of hydrogen-bond acceptors (Lipinski definition) is 5. The van der Waals surface area contributed by atoms with Crippen molar-refractivity contribution in [2.75, 3.05) is 25.5 Å². The largest absolute Gasteiger partial charge is 0.379 e. The van der Waals surface area contributed by atoms with Gasteiger partial charge in [-0.15, -0.1) is 5.10 Å². The molecule has 1 fully saturated rings. The number of halogens is 1. The van der Waals surface area contributed by atoms with Crippen molar-refractivity contribution in [3.63, 3.8) is 0 Å². The molecule has 6 nitrogen and oxygen atoms in total. The van der Waals surface area contributed by atoms with Gasteiger partial charge in [0.15, 0.2) is 0 Å². The molecule has 0 saturated carbocycles. The van der Waals surface area contributed by atoms with Gasteiger partial charge < -0.3 is 10.2 Å². The third-order valence-electron chi connectivity index (χ3n) is 3.55. The van der Waals surface area contributed by atoms with Gasteiger partial charge in [0.2, 0.25) is 0 Å². The third kappa shape index (κ3) is 2.77. The van der Waals surface area contributed by atoms with E-state index in [1.165, 1.54) is 17.1 Å². The monoisotopic (exact) mass is 276 g/mol. The summed E-state index contributed by atoms with van der Waals surface area (Å²) in [6, 6.07) is 5.10. The van der Waals surface area contributed by atoms with E-state index in [0.717, 1.165) is 31.6 Å². The second-order valence-electron chi connectivity index (χ2n) is 5.16. The first-order chi connectivity index (χ1) is 9.72. The van der Waals surface area contributed by atoms with Crippen LogP contribution in [0, 0.1) is 5.82 Å². The number of anilines is 1. The SMILES string of the molecule is CN1CCCC(Nc2cc(-n3cnnn3)ccc2F)C1. The first-order valence-electron chi connectivity index (χ1n) is 6.70. The molecule has 1 saturated heterocycles. The number of nitrogens with one attached hydrogen (secondary N) is 1. The Bertz CT molecular complexity index is 570. The Balaban J connectivity index is 1.80. The molecular formula is C13H17FN6. The molecule has 1 aromatic carbocycles. The van der Waals surface area contributed by atoms with Gasteiger partial charge in [0, 0.05) is 12.6 Å². The topological polar surface area (TPSA) is 58.9 Å². The van der Waals surface area contributed by atoms with Gasteiger partial charge in [0.25, 0.3) is 0 Å². The van der Waals surface area contributed by atoms with Crippen molar-refractivity contribution in [2.45, 2.75) is 18.9 Å². The van der Waals surface area contributed by atoms with Gasteiger partial charge in [-0.2, -0.15) is 0 Å². The number of piperidine rings is 1. The normalized spacial score (nSPS) is 20.0. The van der Waals surface area contributed by atoms with Gasteiger partial charge in [-0.05, 0) is 55.1 Å². The lowest BCUT2D eigenvalue weighted by atomic mass is 10.1. The van der Waals surface area contributed by atoms with Gasteiger partial charge >= 0.3 is 0 Å². The standard InChI is InChI=1S/C13H17FN6/c1-19-6-2-3-10(8-19)16-13-7-11(4-5-12(13)14)20-9-15-17-18-20/h4-5,7,9-10,16H,2-3,6,8H2,1H3. The highest BCUT2D eigenvalue weighted by Gasteiger charge is 2.18. The van der Waals surface area contributed by atoms with Crippen LogP contribution in [0.4, 0.5) is 10.1 Å². The summed E-state index contributed by atoms with van der Waals surface area (Å²) in [6.07, 6.45) is 3.67. The number of tetrazole rings is 1. The van der Waals surface area contributed by atoms with E-state index in [-0.39, 0.29) is 11.9 Å². The summed E-state index contributed by atoms with van der Waals surface area (Å²) in [7, 11) is 2.09. The van der Waals surface area contributed by atoms with Crippen LogP contribution in [0.5, 0.6) is 0 Å². The predicted molar refractivity (Wildman–Crippen MR) is 73.3 cm³/mol. The van der Waals surface area contributed by atoms with Crippen molar-refractivity contribution < 1.29 is 4.39 Å². The molecule has 1 unspecified atom stereocenters. The minimum absolute atomic E-state index is 0.255. The highest BCUT2D eigenvalue weighted by molar-refractivity contribution is 5.52. The van der Waals surface area contributed by atoms with Crippen LogP contribution in [-0.4, -0.2) is 51.3 Å². The molecule has 20 heavy (non-hydrogen) atoms. The Hall–Kier alpha value is -2.02. The Morgan fingerprint density at radius 2 is 2.30 bits per heavy atom. The van der Waals surface area contributed by atoms with Crippen molar-refractivity contribution >= 4 is 5.69 Å². The fraction of sp³-hybridized carbons (Fsp3) is 0.462. The number of nitrogens with zero attached hydrogens (tertiary/aromatic N) is 5. The number of aromatic nitrogens is 4. The molecule has 0 bridgehead atoms. The molecule has 0 amide bonds. The second kappa shape index (κ2) is 5.54. The molecule has 1 aliphatic rings. The smallest absolute Gasteiger partial charge is 0.146 e. The van der Waals surface area contributed by atoms with Crippen molar-refractivity contribution in [1.82, 2.24) is 25.1 Å². The fourth-order valence-electron chi connectivity index (χ4n) is 2.55. The van der Waals surface area contributed by atoms with Crippen molar-refractivity contribution in [3.05, 3.63) is 30.3 Å². The van der Waals surface area contributed by atoms with E-state index < -0.39 is 0 Å². The fourth-order valence-corrected chi connectivity index (χ4v) is 2.55. The quantitative estimate of drug-likeness (QED) is 0.916. The van der Waals surface area contributed by atoms with E-state index in [9.17, 15) is 4.39 Å². The molecule has 1 aromatic heterocycles. The molecule has 2 aromatic rings. The van der Waals surface area contributed by atoms with E-state index in [0.29, 0.717) is 5.69 Å². The average Bonchev–Trinajstić information content (AvgIpc) is 2.95. The molecule has 106 valence electrons. The zero-order valence-electron chi connectivity index (χ0n) is 11.3.